The zero-order chi connectivity index (χ0) is 20.9. The van der Waals surface area contributed by atoms with E-state index in [0.717, 1.165) is 37.6 Å². The standard InChI is InChI=1S/C23H25ClN4O2/c24-19-8-6-18(7-9-19)16-26-11-3-12-27(15-14-26)22(29)10-13-28-17-25-21-5-2-1-4-20(21)23(28)30/h1-2,4-9,17H,3,10-16H2. The Balaban J connectivity index is 1.32. The number of hydrogen-bond donors (Lipinski definition) is 0. The molecule has 0 radical (unpaired) electrons. The monoisotopic (exact) mass is 424 g/mol. The first-order valence-electron chi connectivity index (χ1n) is 10.3. The number of para-hydroxylation sites is 1. The summed E-state index contributed by atoms with van der Waals surface area (Å²) in [4.78, 5) is 34.0. The van der Waals surface area contributed by atoms with Crippen LogP contribution in [0.4, 0.5) is 0 Å². The summed E-state index contributed by atoms with van der Waals surface area (Å²) < 4.78 is 1.53. The average Bonchev–Trinajstić information content (AvgIpc) is 3.00. The van der Waals surface area contributed by atoms with Crippen molar-refractivity contribution in [3.05, 3.63) is 75.8 Å². The first-order chi connectivity index (χ1) is 14.6. The van der Waals surface area contributed by atoms with Gasteiger partial charge < -0.3 is 4.90 Å². The maximum absolute atomic E-state index is 12.8. The highest BCUT2D eigenvalue weighted by Crippen LogP contribution is 2.13. The molecule has 0 spiro atoms. The van der Waals surface area contributed by atoms with Gasteiger partial charge in [0.1, 0.15) is 0 Å². The number of hydrogen-bond acceptors (Lipinski definition) is 4. The molecule has 6 nitrogen and oxygen atoms in total. The zero-order valence-corrected chi connectivity index (χ0v) is 17.6. The van der Waals surface area contributed by atoms with Crippen molar-refractivity contribution < 1.29 is 4.79 Å². The molecule has 7 heteroatoms. The summed E-state index contributed by atoms with van der Waals surface area (Å²) in [7, 11) is 0. The van der Waals surface area contributed by atoms with Gasteiger partial charge in [-0.25, -0.2) is 4.98 Å². The normalized spacial score (nSPS) is 15.3. The van der Waals surface area contributed by atoms with E-state index >= 15 is 0 Å². The third kappa shape index (κ3) is 4.89. The second-order valence-corrected chi connectivity index (χ2v) is 8.08. The van der Waals surface area contributed by atoms with Gasteiger partial charge in [-0.15, -0.1) is 0 Å². The van der Waals surface area contributed by atoms with E-state index in [0.29, 0.717) is 30.4 Å². The summed E-state index contributed by atoms with van der Waals surface area (Å²) in [6.07, 6.45) is 2.78. The van der Waals surface area contributed by atoms with Crippen molar-refractivity contribution in [1.82, 2.24) is 19.4 Å². The molecule has 2 aromatic carbocycles. The number of benzene rings is 2. The Labute approximate surface area is 180 Å². The fourth-order valence-corrected chi connectivity index (χ4v) is 3.99. The highest BCUT2D eigenvalue weighted by molar-refractivity contribution is 6.30. The van der Waals surface area contributed by atoms with Crippen LogP contribution in [0.2, 0.25) is 5.02 Å². The Morgan fingerprint density at radius 2 is 1.80 bits per heavy atom. The van der Waals surface area contributed by atoms with Gasteiger partial charge in [0, 0.05) is 50.7 Å². The first kappa shape index (κ1) is 20.6. The number of aromatic nitrogens is 2. The predicted octanol–water partition coefficient (Wildman–Crippen LogP) is 3.17. The van der Waals surface area contributed by atoms with Crippen molar-refractivity contribution in [3.63, 3.8) is 0 Å². The molecule has 0 aliphatic carbocycles. The molecule has 30 heavy (non-hydrogen) atoms. The summed E-state index contributed by atoms with van der Waals surface area (Å²) in [6.45, 7) is 4.46. The number of fused-ring (bicyclic) bond motifs is 1. The molecule has 0 bridgehead atoms. The van der Waals surface area contributed by atoms with Gasteiger partial charge in [0.15, 0.2) is 0 Å². The molecule has 4 rings (SSSR count). The average molecular weight is 425 g/mol. The van der Waals surface area contributed by atoms with Crippen molar-refractivity contribution in [1.29, 1.82) is 0 Å². The van der Waals surface area contributed by atoms with Gasteiger partial charge >= 0.3 is 0 Å². The maximum Gasteiger partial charge on any atom is 0.261 e. The van der Waals surface area contributed by atoms with Gasteiger partial charge in [0.05, 0.1) is 17.2 Å². The minimum atomic E-state index is -0.0987. The maximum atomic E-state index is 12.8. The summed E-state index contributed by atoms with van der Waals surface area (Å²) >= 11 is 5.96. The van der Waals surface area contributed by atoms with Gasteiger partial charge in [-0.1, -0.05) is 35.9 Å². The third-order valence-electron chi connectivity index (χ3n) is 5.56. The first-order valence-corrected chi connectivity index (χ1v) is 10.7. The number of halogens is 1. The molecule has 0 atom stereocenters. The van der Waals surface area contributed by atoms with E-state index < -0.39 is 0 Å². The van der Waals surface area contributed by atoms with E-state index in [1.807, 2.05) is 47.4 Å². The van der Waals surface area contributed by atoms with Crippen LogP contribution in [0.25, 0.3) is 10.9 Å². The summed E-state index contributed by atoms with van der Waals surface area (Å²) in [5.74, 6) is 0.0865. The van der Waals surface area contributed by atoms with Crippen LogP contribution in [0, 0.1) is 0 Å². The highest BCUT2D eigenvalue weighted by Gasteiger charge is 2.19. The van der Waals surface area contributed by atoms with Gasteiger partial charge in [0.2, 0.25) is 5.91 Å². The molecule has 0 N–H and O–H groups in total. The molecule has 3 aromatic rings. The molecule has 1 saturated heterocycles. The number of carbonyl (C=O) groups excluding carboxylic acids is 1. The van der Waals surface area contributed by atoms with Gasteiger partial charge in [-0.2, -0.15) is 0 Å². The molecule has 1 aliphatic heterocycles. The number of carbonyl (C=O) groups is 1. The second kappa shape index (κ2) is 9.41. The lowest BCUT2D eigenvalue weighted by Gasteiger charge is -2.22. The van der Waals surface area contributed by atoms with E-state index in [4.69, 9.17) is 11.6 Å². The SMILES string of the molecule is O=C(CCn1cnc2ccccc2c1=O)N1CCCN(Cc2ccc(Cl)cc2)CC1. The minimum Gasteiger partial charge on any atom is -0.341 e. The van der Waals surface area contributed by atoms with Crippen LogP contribution in [0.3, 0.4) is 0 Å². The molecule has 1 amide bonds. The van der Waals surface area contributed by atoms with Crippen LogP contribution in [0.15, 0.2) is 59.7 Å². The van der Waals surface area contributed by atoms with Crippen LogP contribution in [-0.2, 0) is 17.9 Å². The number of amides is 1. The highest BCUT2D eigenvalue weighted by atomic mass is 35.5. The second-order valence-electron chi connectivity index (χ2n) is 7.65. The Morgan fingerprint density at radius 1 is 1.00 bits per heavy atom. The molecule has 1 aliphatic rings. The summed E-state index contributed by atoms with van der Waals surface area (Å²) in [6, 6.07) is 15.2. The lowest BCUT2D eigenvalue weighted by molar-refractivity contribution is -0.131. The fraction of sp³-hybridized carbons (Fsp3) is 0.348. The molecular formula is C23H25ClN4O2. The largest absolute Gasteiger partial charge is 0.341 e. The van der Waals surface area contributed by atoms with Crippen molar-refractivity contribution in [2.75, 3.05) is 26.2 Å². The lowest BCUT2D eigenvalue weighted by Crippen LogP contribution is -2.36. The van der Waals surface area contributed by atoms with Crippen LogP contribution in [0.5, 0.6) is 0 Å². The van der Waals surface area contributed by atoms with Crippen molar-refractivity contribution >= 4 is 28.4 Å². The quantitative estimate of drug-likeness (QED) is 0.631. The fourth-order valence-electron chi connectivity index (χ4n) is 3.87. The Hall–Kier alpha value is -2.70. The molecular weight excluding hydrogens is 400 g/mol. The number of nitrogens with zero attached hydrogens (tertiary/aromatic N) is 4. The molecule has 0 saturated carbocycles. The summed E-state index contributed by atoms with van der Waals surface area (Å²) in [5.41, 5.74) is 1.80. The van der Waals surface area contributed by atoms with Crippen LogP contribution in [0.1, 0.15) is 18.4 Å². The van der Waals surface area contributed by atoms with Crippen LogP contribution in [-0.4, -0.2) is 51.4 Å². The van der Waals surface area contributed by atoms with Crippen LogP contribution < -0.4 is 5.56 Å². The minimum absolute atomic E-state index is 0.0865. The Bertz CT molecular complexity index is 1080. The van der Waals surface area contributed by atoms with Gasteiger partial charge in [-0.3, -0.25) is 19.1 Å². The Kier molecular flexibility index (Phi) is 6.45. The van der Waals surface area contributed by atoms with E-state index in [2.05, 4.69) is 9.88 Å². The van der Waals surface area contributed by atoms with Crippen LogP contribution >= 0.6 is 11.6 Å². The predicted molar refractivity (Wildman–Crippen MR) is 119 cm³/mol. The number of rotatable bonds is 5. The van der Waals surface area contributed by atoms with E-state index in [1.165, 1.54) is 16.5 Å². The van der Waals surface area contributed by atoms with Crippen molar-refractivity contribution in [3.8, 4) is 0 Å². The summed E-state index contributed by atoms with van der Waals surface area (Å²) in [5, 5.41) is 1.33. The zero-order valence-electron chi connectivity index (χ0n) is 16.8. The Morgan fingerprint density at radius 3 is 2.63 bits per heavy atom. The van der Waals surface area contributed by atoms with E-state index in [1.54, 1.807) is 6.07 Å². The van der Waals surface area contributed by atoms with Gasteiger partial charge in [-0.05, 0) is 36.2 Å². The smallest absolute Gasteiger partial charge is 0.261 e. The lowest BCUT2D eigenvalue weighted by atomic mass is 10.2. The molecule has 2 heterocycles. The molecule has 0 unspecified atom stereocenters. The number of aryl methyl sites for hydroxylation is 1. The van der Waals surface area contributed by atoms with Crippen molar-refractivity contribution in [2.24, 2.45) is 0 Å². The van der Waals surface area contributed by atoms with Crippen molar-refractivity contribution in [2.45, 2.75) is 25.9 Å². The molecule has 156 valence electrons. The van der Waals surface area contributed by atoms with Gasteiger partial charge in [0.25, 0.3) is 5.56 Å². The van der Waals surface area contributed by atoms with E-state index in [9.17, 15) is 9.59 Å². The van der Waals surface area contributed by atoms with E-state index in [-0.39, 0.29) is 11.5 Å². The molecule has 1 fully saturated rings. The molecule has 1 aromatic heterocycles. The third-order valence-corrected chi connectivity index (χ3v) is 5.81. The topological polar surface area (TPSA) is 58.4 Å².